The van der Waals surface area contributed by atoms with Crippen LogP contribution in [-0.4, -0.2) is 34.4 Å². The fraction of sp³-hybridized carbons (Fsp3) is 0.455. The molecule has 1 atom stereocenters. The van der Waals surface area contributed by atoms with Crippen molar-refractivity contribution in [2.24, 2.45) is 0 Å². The number of halogens is 3. The second-order valence-electron chi connectivity index (χ2n) is 3.81. The molecule has 0 saturated carbocycles. The maximum Gasteiger partial charge on any atom is 0.444 e. The average molecular weight is 346 g/mol. The van der Waals surface area contributed by atoms with E-state index in [-0.39, 0.29) is 11.3 Å². The van der Waals surface area contributed by atoms with Gasteiger partial charge in [0.15, 0.2) is 16.9 Å². The molecule has 0 fully saturated rings. The Morgan fingerprint density at radius 3 is 2.14 bits per heavy atom. The highest BCUT2D eigenvalue weighted by Crippen LogP contribution is 2.44. The van der Waals surface area contributed by atoms with E-state index in [1.54, 1.807) is 0 Å². The van der Waals surface area contributed by atoms with Crippen LogP contribution in [0.25, 0.3) is 0 Å². The molecule has 1 aromatic carbocycles. The molecule has 0 aliphatic rings. The van der Waals surface area contributed by atoms with Crippen molar-refractivity contribution in [1.29, 1.82) is 0 Å². The Kier molecular flexibility index (Phi) is 5.76. The summed E-state index contributed by atoms with van der Waals surface area (Å²) in [6, 6.07) is 3.87. The average Bonchev–Trinajstić information content (AvgIpc) is 2.33. The van der Waals surface area contributed by atoms with E-state index in [9.17, 15) is 21.6 Å². The van der Waals surface area contributed by atoms with Gasteiger partial charge in [-0.05, 0) is 29.5 Å². The first-order valence-corrected chi connectivity index (χ1v) is 8.10. The molecule has 0 aliphatic heterocycles. The summed E-state index contributed by atoms with van der Waals surface area (Å²) < 4.78 is 74.2. The summed E-state index contributed by atoms with van der Waals surface area (Å²) in [6.45, 7) is 0. The van der Waals surface area contributed by atoms with Gasteiger partial charge in [-0.3, -0.25) is 4.18 Å². The summed E-state index contributed by atoms with van der Waals surface area (Å²) in [7, 11) is -1.39. The minimum absolute atomic E-state index is 0.0135. The Bertz CT molecular complexity index is 586. The van der Waals surface area contributed by atoms with E-state index in [0.717, 1.165) is 0 Å². The van der Waals surface area contributed by atoms with Crippen molar-refractivity contribution in [3.8, 4) is 11.5 Å². The summed E-state index contributed by atoms with van der Waals surface area (Å²) in [6.07, 6.45) is 0.678. The number of ether oxygens (including phenoxy) is 2. The molecule has 120 valence electrons. The van der Waals surface area contributed by atoms with Gasteiger partial charge < -0.3 is 9.47 Å². The van der Waals surface area contributed by atoms with Crippen molar-refractivity contribution in [2.75, 3.05) is 20.5 Å². The van der Waals surface area contributed by atoms with Crippen molar-refractivity contribution < 1.29 is 35.2 Å². The molecule has 0 radical (unpaired) electrons. The normalized spacial score (nSPS) is 13.8. The van der Waals surface area contributed by atoms with E-state index < -0.39 is 32.8 Å². The van der Waals surface area contributed by atoms with Gasteiger partial charge in [0, 0.05) is 0 Å². The van der Waals surface area contributed by atoms with Crippen LogP contribution in [0.3, 0.4) is 0 Å². The number of benzene rings is 1. The lowest BCUT2D eigenvalue weighted by atomic mass is 10.2. The minimum Gasteiger partial charge on any atom is -0.493 e. The van der Waals surface area contributed by atoms with Gasteiger partial charge in [-0.25, -0.2) is 0 Å². The lowest BCUT2D eigenvalue weighted by Crippen LogP contribution is -2.13. The lowest BCUT2D eigenvalue weighted by molar-refractivity contribution is -0.0349. The van der Waals surface area contributed by atoms with Crippen LogP contribution < -0.4 is 9.47 Å². The second-order valence-corrected chi connectivity index (χ2v) is 6.54. The zero-order valence-corrected chi connectivity index (χ0v) is 12.9. The van der Waals surface area contributed by atoms with Crippen LogP contribution in [0.15, 0.2) is 18.2 Å². The molecule has 10 heteroatoms. The summed E-state index contributed by atoms with van der Waals surface area (Å²) >= 11 is -0.583. The molecule has 1 unspecified atom stereocenters. The Hall–Kier alpha value is -1.13. The van der Waals surface area contributed by atoms with Gasteiger partial charge in [0.2, 0.25) is 0 Å². The Labute approximate surface area is 124 Å². The Morgan fingerprint density at radius 1 is 1.14 bits per heavy atom. The van der Waals surface area contributed by atoms with Crippen molar-refractivity contribution in [2.45, 2.75) is 10.9 Å². The van der Waals surface area contributed by atoms with Gasteiger partial charge in [0.25, 0.3) is 10.1 Å². The topological polar surface area (TPSA) is 61.8 Å². The zero-order chi connectivity index (χ0) is 16.3. The molecule has 1 rings (SSSR count). The Balaban J connectivity index is 3.19. The highest BCUT2D eigenvalue weighted by molar-refractivity contribution is 8.00. The van der Waals surface area contributed by atoms with Crippen LogP contribution in [-0.2, 0) is 14.3 Å². The lowest BCUT2D eigenvalue weighted by Gasteiger charge is -2.19. The van der Waals surface area contributed by atoms with Gasteiger partial charge in [0.05, 0.1) is 20.5 Å². The monoisotopic (exact) mass is 346 g/mol. The molecule has 1 aromatic rings. The third kappa shape index (κ3) is 6.02. The number of methoxy groups -OCH3 is 2. The Morgan fingerprint density at radius 2 is 1.71 bits per heavy atom. The number of rotatable bonds is 6. The molecular weight excluding hydrogens is 333 g/mol. The first-order valence-electron chi connectivity index (χ1n) is 5.40. The maximum absolute atomic E-state index is 12.5. The molecular formula is C11H13F3O5S2. The third-order valence-corrected chi connectivity index (χ3v) is 3.70. The van der Waals surface area contributed by atoms with E-state index in [1.807, 2.05) is 0 Å². The van der Waals surface area contributed by atoms with Crippen molar-refractivity contribution in [3.05, 3.63) is 23.8 Å². The van der Waals surface area contributed by atoms with E-state index in [4.69, 9.17) is 9.47 Å². The van der Waals surface area contributed by atoms with E-state index in [2.05, 4.69) is 4.18 Å². The molecule has 0 saturated heterocycles. The maximum atomic E-state index is 12.5. The highest BCUT2D eigenvalue weighted by atomic mass is 32.2. The predicted octanol–water partition coefficient (Wildman–Crippen LogP) is 2.93. The largest absolute Gasteiger partial charge is 0.493 e. The second kappa shape index (κ2) is 6.75. The van der Waals surface area contributed by atoms with Crippen LogP contribution in [0.4, 0.5) is 13.2 Å². The third-order valence-electron chi connectivity index (χ3n) is 2.18. The first-order chi connectivity index (χ1) is 9.55. The highest BCUT2D eigenvalue weighted by Gasteiger charge is 2.36. The van der Waals surface area contributed by atoms with Crippen molar-refractivity contribution in [1.82, 2.24) is 0 Å². The predicted molar refractivity (Wildman–Crippen MR) is 71.9 cm³/mol. The molecule has 0 aromatic heterocycles. The summed E-state index contributed by atoms with van der Waals surface area (Å²) in [5.41, 5.74) is -6.44. The smallest absolute Gasteiger partial charge is 0.444 e. The van der Waals surface area contributed by atoms with Crippen LogP contribution in [0.1, 0.15) is 11.0 Å². The van der Waals surface area contributed by atoms with Crippen LogP contribution in [0.2, 0.25) is 0 Å². The number of hydrogen-bond acceptors (Lipinski definition) is 6. The quantitative estimate of drug-likeness (QED) is 0.583. The van der Waals surface area contributed by atoms with Crippen LogP contribution in [0.5, 0.6) is 11.5 Å². The summed E-state index contributed by atoms with van der Waals surface area (Å²) in [5.74, 6) is 0.469. The molecule has 21 heavy (non-hydrogen) atoms. The van der Waals surface area contributed by atoms with E-state index >= 15 is 0 Å². The number of alkyl halides is 3. The van der Waals surface area contributed by atoms with Crippen molar-refractivity contribution >= 4 is 21.9 Å². The fourth-order valence-corrected chi connectivity index (χ4v) is 2.96. The standard InChI is InChI=1S/C11H13F3O5S2/c1-17-8-5-4-7(6-9(8)18-2)10(19-21(3,15)16)20-11(12,13)14/h4-6,10H,1-3H3. The van der Waals surface area contributed by atoms with Crippen molar-refractivity contribution in [3.63, 3.8) is 0 Å². The zero-order valence-electron chi connectivity index (χ0n) is 11.3. The molecule has 0 heterocycles. The molecule has 0 bridgehead atoms. The molecule has 0 aliphatic carbocycles. The van der Waals surface area contributed by atoms with E-state index in [1.165, 1.54) is 32.4 Å². The van der Waals surface area contributed by atoms with Gasteiger partial charge in [-0.2, -0.15) is 21.6 Å². The van der Waals surface area contributed by atoms with Gasteiger partial charge in [-0.15, -0.1) is 0 Å². The molecule has 0 amide bonds. The summed E-state index contributed by atoms with van der Waals surface area (Å²) in [5, 5.41) is 0. The van der Waals surface area contributed by atoms with Gasteiger partial charge >= 0.3 is 5.51 Å². The first kappa shape index (κ1) is 17.9. The summed E-state index contributed by atoms with van der Waals surface area (Å²) in [4.78, 5) is 0. The number of thioether (sulfide) groups is 1. The van der Waals surface area contributed by atoms with Gasteiger partial charge in [0.1, 0.15) is 0 Å². The van der Waals surface area contributed by atoms with Gasteiger partial charge in [-0.1, -0.05) is 6.07 Å². The SMILES string of the molecule is COc1ccc(C(OS(C)(=O)=O)SC(F)(F)F)cc1OC. The fourth-order valence-electron chi connectivity index (χ4n) is 1.42. The number of hydrogen-bond donors (Lipinski definition) is 0. The van der Waals surface area contributed by atoms with Crippen LogP contribution >= 0.6 is 11.8 Å². The molecule has 5 nitrogen and oxygen atoms in total. The van der Waals surface area contributed by atoms with Crippen LogP contribution in [0, 0.1) is 0 Å². The molecule has 0 spiro atoms. The van der Waals surface area contributed by atoms with E-state index in [0.29, 0.717) is 12.0 Å². The molecule has 0 N–H and O–H groups in total. The minimum atomic E-state index is -4.66.